The molecule has 2 aromatic carbocycles. The number of aliphatic hydroxyl groups is 1. The number of likely N-dealkylation sites (N-methyl/N-ethyl adjacent to an activating group) is 1. The minimum Gasteiger partial charge on any atom is -0.496 e. The van der Waals surface area contributed by atoms with Gasteiger partial charge in [0.25, 0.3) is 0 Å². The number of methoxy groups -OCH3 is 1. The summed E-state index contributed by atoms with van der Waals surface area (Å²) in [4.78, 5) is 7.23. The van der Waals surface area contributed by atoms with Crippen LogP contribution in [0.1, 0.15) is 12.0 Å². The van der Waals surface area contributed by atoms with Crippen LogP contribution in [0.25, 0.3) is 10.8 Å². The number of ether oxygens (including phenoxy) is 1. The molecule has 2 aliphatic heterocycles. The van der Waals surface area contributed by atoms with E-state index in [4.69, 9.17) is 4.74 Å². The van der Waals surface area contributed by atoms with Gasteiger partial charge in [-0.3, -0.25) is 9.80 Å². The Balaban J connectivity index is 1.47. The summed E-state index contributed by atoms with van der Waals surface area (Å²) in [7, 11) is 3.91. The highest BCUT2D eigenvalue weighted by atomic mass is 16.5. The zero-order chi connectivity index (χ0) is 18.8. The number of rotatable bonds is 4. The number of piperidine rings is 1. The van der Waals surface area contributed by atoms with Gasteiger partial charge in [0, 0.05) is 57.4 Å². The number of fused-ring (bicyclic) bond motifs is 1. The predicted octanol–water partition coefficient (Wildman–Crippen LogP) is 2.03. The molecule has 2 heterocycles. The van der Waals surface area contributed by atoms with Crippen LogP contribution < -0.4 is 4.74 Å². The Hall–Kier alpha value is -1.66. The molecule has 2 saturated heterocycles. The number of aliphatic hydroxyl groups excluding tert-OH is 1. The molecule has 27 heavy (non-hydrogen) atoms. The molecule has 0 aliphatic carbocycles. The van der Waals surface area contributed by atoms with Crippen molar-refractivity contribution < 1.29 is 9.84 Å². The van der Waals surface area contributed by atoms with Gasteiger partial charge in [0.2, 0.25) is 0 Å². The van der Waals surface area contributed by atoms with Crippen LogP contribution in [0.4, 0.5) is 0 Å². The molecule has 2 atom stereocenters. The Morgan fingerprint density at radius 3 is 2.56 bits per heavy atom. The fraction of sp³-hybridized carbons (Fsp3) is 0.545. The van der Waals surface area contributed by atoms with E-state index < -0.39 is 0 Å². The monoisotopic (exact) mass is 369 g/mol. The predicted molar refractivity (Wildman–Crippen MR) is 109 cm³/mol. The lowest BCUT2D eigenvalue weighted by atomic mass is 9.97. The SMILES string of the molecule is COc1ccc2ccccc2c1CN1CC[C@@H](N2CCN(C)CC2)[C@H](O)C1. The summed E-state index contributed by atoms with van der Waals surface area (Å²) in [5.41, 5.74) is 1.22. The molecule has 1 N–H and O–H groups in total. The summed E-state index contributed by atoms with van der Waals surface area (Å²) in [6.45, 7) is 6.88. The molecule has 2 fully saturated rings. The lowest BCUT2D eigenvalue weighted by molar-refractivity contribution is -0.0286. The third kappa shape index (κ3) is 3.97. The Bertz CT molecular complexity index is 773. The van der Waals surface area contributed by atoms with E-state index in [0.717, 1.165) is 58.0 Å². The molecular formula is C22H31N3O2. The normalized spacial score (nSPS) is 25.7. The summed E-state index contributed by atoms with van der Waals surface area (Å²) < 4.78 is 5.65. The maximum absolute atomic E-state index is 10.8. The molecule has 0 unspecified atom stereocenters. The molecule has 0 aromatic heterocycles. The van der Waals surface area contributed by atoms with Crippen LogP contribution in [-0.2, 0) is 6.54 Å². The zero-order valence-corrected chi connectivity index (χ0v) is 16.5. The van der Waals surface area contributed by atoms with E-state index in [2.05, 4.69) is 58.1 Å². The van der Waals surface area contributed by atoms with Crippen LogP contribution in [0.2, 0.25) is 0 Å². The summed E-state index contributed by atoms with van der Waals surface area (Å²) in [5.74, 6) is 0.935. The van der Waals surface area contributed by atoms with Gasteiger partial charge in [0.15, 0.2) is 0 Å². The first kappa shape index (κ1) is 18.7. The van der Waals surface area contributed by atoms with Crippen LogP contribution in [0, 0.1) is 0 Å². The molecule has 0 spiro atoms. The van der Waals surface area contributed by atoms with Crippen molar-refractivity contribution in [2.45, 2.75) is 25.1 Å². The number of β-amino-alcohol motifs (C(OH)–C–C–N with tert-alkyl or cyclic N) is 1. The standard InChI is InChI=1S/C22H31N3O2/c1-23-11-13-25(14-12-23)20-9-10-24(16-21(20)26)15-19-18-6-4-3-5-17(18)7-8-22(19)27-2/h3-8,20-21,26H,9-16H2,1-2H3/t20-,21-/m1/s1. The van der Waals surface area contributed by atoms with Gasteiger partial charge >= 0.3 is 0 Å². The summed E-state index contributed by atoms with van der Waals surface area (Å²) in [6.07, 6.45) is 0.737. The Kier molecular flexibility index (Phi) is 5.64. The summed E-state index contributed by atoms with van der Waals surface area (Å²) >= 11 is 0. The largest absolute Gasteiger partial charge is 0.496 e. The van der Waals surface area contributed by atoms with Crippen molar-refractivity contribution in [2.24, 2.45) is 0 Å². The molecule has 5 heteroatoms. The van der Waals surface area contributed by atoms with Crippen LogP contribution in [0.15, 0.2) is 36.4 Å². The van der Waals surface area contributed by atoms with Crippen molar-refractivity contribution in [1.82, 2.24) is 14.7 Å². The van der Waals surface area contributed by atoms with Gasteiger partial charge in [-0.25, -0.2) is 0 Å². The van der Waals surface area contributed by atoms with E-state index in [1.54, 1.807) is 7.11 Å². The minimum atomic E-state index is -0.289. The number of likely N-dealkylation sites (tertiary alicyclic amines) is 1. The van der Waals surface area contributed by atoms with Gasteiger partial charge < -0.3 is 14.7 Å². The van der Waals surface area contributed by atoms with Crippen molar-refractivity contribution in [3.8, 4) is 5.75 Å². The highest BCUT2D eigenvalue weighted by Crippen LogP contribution is 2.30. The van der Waals surface area contributed by atoms with Gasteiger partial charge in [-0.05, 0) is 30.3 Å². The van der Waals surface area contributed by atoms with Gasteiger partial charge in [-0.1, -0.05) is 30.3 Å². The third-order valence-corrected chi connectivity index (χ3v) is 6.24. The quantitative estimate of drug-likeness (QED) is 0.893. The van der Waals surface area contributed by atoms with E-state index in [0.29, 0.717) is 6.04 Å². The lowest BCUT2D eigenvalue weighted by Gasteiger charge is -2.44. The summed E-state index contributed by atoms with van der Waals surface area (Å²) in [6, 6.07) is 12.9. The molecule has 146 valence electrons. The van der Waals surface area contributed by atoms with Gasteiger partial charge in [-0.2, -0.15) is 0 Å². The Morgan fingerprint density at radius 2 is 1.81 bits per heavy atom. The Morgan fingerprint density at radius 1 is 1.04 bits per heavy atom. The molecule has 0 amide bonds. The maximum atomic E-state index is 10.8. The topological polar surface area (TPSA) is 39.2 Å². The van der Waals surface area contributed by atoms with Crippen molar-refractivity contribution in [3.63, 3.8) is 0 Å². The molecule has 2 aromatic rings. The van der Waals surface area contributed by atoms with Crippen molar-refractivity contribution in [1.29, 1.82) is 0 Å². The van der Waals surface area contributed by atoms with E-state index in [9.17, 15) is 5.11 Å². The van der Waals surface area contributed by atoms with Gasteiger partial charge in [0.05, 0.1) is 13.2 Å². The van der Waals surface area contributed by atoms with E-state index in [-0.39, 0.29) is 6.10 Å². The maximum Gasteiger partial charge on any atom is 0.123 e. The average molecular weight is 370 g/mol. The highest BCUT2D eigenvalue weighted by molar-refractivity contribution is 5.87. The van der Waals surface area contributed by atoms with E-state index >= 15 is 0 Å². The first-order valence-corrected chi connectivity index (χ1v) is 10.0. The fourth-order valence-electron chi connectivity index (χ4n) is 4.60. The van der Waals surface area contributed by atoms with Gasteiger partial charge in [-0.15, -0.1) is 0 Å². The van der Waals surface area contributed by atoms with Crippen molar-refractivity contribution in [2.75, 3.05) is 53.4 Å². The third-order valence-electron chi connectivity index (χ3n) is 6.24. The number of hydrogen-bond acceptors (Lipinski definition) is 5. The molecule has 5 nitrogen and oxygen atoms in total. The second-order valence-corrected chi connectivity index (χ2v) is 7.97. The second-order valence-electron chi connectivity index (χ2n) is 7.97. The van der Waals surface area contributed by atoms with Crippen LogP contribution in [-0.4, -0.2) is 85.4 Å². The first-order chi connectivity index (χ1) is 13.2. The molecule has 0 radical (unpaired) electrons. The molecule has 2 aliphatic rings. The van der Waals surface area contributed by atoms with E-state index in [1.807, 2.05) is 0 Å². The fourth-order valence-corrected chi connectivity index (χ4v) is 4.60. The van der Waals surface area contributed by atoms with Crippen LogP contribution in [0.3, 0.4) is 0 Å². The summed E-state index contributed by atoms with van der Waals surface area (Å²) in [5, 5.41) is 13.3. The van der Waals surface area contributed by atoms with Crippen molar-refractivity contribution >= 4 is 10.8 Å². The highest BCUT2D eigenvalue weighted by Gasteiger charge is 2.33. The zero-order valence-electron chi connectivity index (χ0n) is 16.5. The van der Waals surface area contributed by atoms with E-state index in [1.165, 1.54) is 16.3 Å². The van der Waals surface area contributed by atoms with Gasteiger partial charge in [0.1, 0.15) is 5.75 Å². The van der Waals surface area contributed by atoms with Crippen molar-refractivity contribution in [3.05, 3.63) is 42.0 Å². The smallest absolute Gasteiger partial charge is 0.123 e. The number of hydrogen-bond donors (Lipinski definition) is 1. The Labute approximate surface area is 162 Å². The second kappa shape index (κ2) is 8.15. The lowest BCUT2D eigenvalue weighted by Crippen LogP contribution is -2.58. The molecule has 0 bridgehead atoms. The molecule has 4 rings (SSSR count). The number of nitrogens with zero attached hydrogens (tertiary/aromatic N) is 3. The minimum absolute atomic E-state index is 0.289. The number of piperazine rings is 1. The molecular weight excluding hydrogens is 338 g/mol. The van der Waals surface area contributed by atoms with Crippen LogP contribution in [0.5, 0.6) is 5.75 Å². The molecule has 0 saturated carbocycles. The average Bonchev–Trinajstić information content (AvgIpc) is 2.69. The van der Waals surface area contributed by atoms with Crippen LogP contribution >= 0.6 is 0 Å². The number of benzene rings is 2. The first-order valence-electron chi connectivity index (χ1n) is 10.0.